The summed E-state index contributed by atoms with van der Waals surface area (Å²) in [4.78, 5) is 13.1. The van der Waals surface area contributed by atoms with E-state index in [0.717, 1.165) is 4.90 Å². The normalized spacial score (nSPS) is 23.2. The first-order valence-corrected chi connectivity index (χ1v) is 7.04. The average molecular weight is 341 g/mol. The summed E-state index contributed by atoms with van der Waals surface area (Å²) in [5, 5.41) is 0.0663. The maximum Gasteiger partial charge on any atom is 0.408 e. The first-order chi connectivity index (χ1) is 9.71. The van der Waals surface area contributed by atoms with Crippen LogP contribution in [-0.4, -0.2) is 35.6 Å². The number of halogens is 5. The monoisotopic (exact) mass is 340 g/mol. The lowest BCUT2D eigenvalue weighted by molar-refractivity contribution is -0.184. The molecular weight excluding hydrogens is 328 g/mol. The molecule has 2 atom stereocenters. The Morgan fingerprint density at radius 3 is 2.57 bits per heavy atom. The lowest BCUT2D eigenvalue weighted by Crippen LogP contribution is -2.56. The number of nitrogens with two attached hydrogens (primary N) is 1. The van der Waals surface area contributed by atoms with Gasteiger partial charge in [-0.2, -0.15) is 13.2 Å². The highest BCUT2D eigenvalue weighted by atomic mass is 35.5. The van der Waals surface area contributed by atoms with Gasteiger partial charge in [-0.15, -0.1) is 0 Å². The van der Waals surface area contributed by atoms with Crippen LogP contribution in [0.15, 0.2) is 18.2 Å². The van der Waals surface area contributed by atoms with E-state index in [1.807, 2.05) is 0 Å². The van der Waals surface area contributed by atoms with E-state index < -0.39 is 24.2 Å². The van der Waals surface area contributed by atoms with Crippen molar-refractivity contribution in [3.63, 3.8) is 0 Å². The van der Waals surface area contributed by atoms with Crippen molar-refractivity contribution >= 4 is 29.1 Å². The zero-order valence-electron chi connectivity index (χ0n) is 10.8. The Hall–Kier alpha value is -0.980. The van der Waals surface area contributed by atoms with Gasteiger partial charge in [0.15, 0.2) is 0 Å². The van der Waals surface area contributed by atoms with Gasteiger partial charge >= 0.3 is 6.18 Å². The predicted octanol–water partition coefficient (Wildman–Crippen LogP) is 3.49. The molecule has 21 heavy (non-hydrogen) atoms. The van der Waals surface area contributed by atoms with Crippen molar-refractivity contribution in [3.05, 3.63) is 33.8 Å². The number of alkyl halides is 3. The van der Waals surface area contributed by atoms with Crippen molar-refractivity contribution in [3.8, 4) is 0 Å². The molecule has 8 heteroatoms. The Balaban J connectivity index is 2.36. The third-order valence-electron chi connectivity index (χ3n) is 3.44. The minimum Gasteiger partial charge on any atom is -0.326 e. The fourth-order valence-corrected chi connectivity index (χ4v) is 2.77. The van der Waals surface area contributed by atoms with Gasteiger partial charge in [-0.05, 0) is 25.0 Å². The number of piperidine rings is 1. The molecule has 1 aromatic rings. The number of carbonyl (C=O) groups excluding carboxylic acids is 1. The molecule has 0 radical (unpaired) electrons. The zero-order valence-corrected chi connectivity index (χ0v) is 12.3. The van der Waals surface area contributed by atoms with Crippen LogP contribution >= 0.6 is 23.2 Å². The fraction of sp³-hybridized carbons (Fsp3) is 0.462. The molecule has 0 saturated carbocycles. The lowest BCUT2D eigenvalue weighted by atomic mass is 9.97. The van der Waals surface area contributed by atoms with Gasteiger partial charge in [-0.3, -0.25) is 4.79 Å². The topological polar surface area (TPSA) is 46.3 Å². The molecule has 1 heterocycles. The lowest BCUT2D eigenvalue weighted by Gasteiger charge is -2.39. The van der Waals surface area contributed by atoms with Crippen LogP contribution < -0.4 is 5.73 Å². The van der Waals surface area contributed by atoms with E-state index in [0.29, 0.717) is 0 Å². The molecule has 1 fully saturated rings. The number of carbonyl (C=O) groups is 1. The number of rotatable bonds is 1. The van der Waals surface area contributed by atoms with Crippen molar-refractivity contribution < 1.29 is 18.0 Å². The minimum atomic E-state index is -4.50. The number of hydrogen-bond acceptors (Lipinski definition) is 2. The highest BCUT2D eigenvalue weighted by molar-refractivity contribution is 6.43. The van der Waals surface area contributed by atoms with Crippen LogP contribution in [0.1, 0.15) is 23.2 Å². The van der Waals surface area contributed by atoms with Gasteiger partial charge in [0.1, 0.15) is 6.04 Å². The predicted molar refractivity (Wildman–Crippen MR) is 74.6 cm³/mol. The number of nitrogens with zero attached hydrogens (tertiary/aromatic N) is 1. The standard InChI is InChI=1S/C13H13Cl2F3N2O/c14-9-3-1-2-8(11(9)15)12(21)20-6-7(19)4-5-10(20)13(16,17)18/h1-3,7,10H,4-6,19H2/t7-,10-/m0/s1. The molecule has 116 valence electrons. The number of amides is 1. The van der Waals surface area contributed by atoms with Gasteiger partial charge in [0.2, 0.25) is 0 Å². The molecule has 1 aliphatic heterocycles. The molecule has 0 unspecified atom stereocenters. The fourth-order valence-electron chi connectivity index (χ4n) is 2.39. The average Bonchev–Trinajstić information content (AvgIpc) is 2.39. The molecule has 2 rings (SSSR count). The van der Waals surface area contributed by atoms with Crippen molar-refractivity contribution in [2.24, 2.45) is 5.73 Å². The molecule has 3 nitrogen and oxygen atoms in total. The highest BCUT2D eigenvalue weighted by Gasteiger charge is 2.47. The highest BCUT2D eigenvalue weighted by Crippen LogP contribution is 2.34. The van der Waals surface area contributed by atoms with E-state index in [-0.39, 0.29) is 35.0 Å². The summed E-state index contributed by atoms with van der Waals surface area (Å²) < 4.78 is 39.2. The number of hydrogen-bond donors (Lipinski definition) is 1. The molecule has 0 aliphatic carbocycles. The smallest absolute Gasteiger partial charge is 0.326 e. The summed E-state index contributed by atoms with van der Waals surface area (Å²) in [7, 11) is 0. The third kappa shape index (κ3) is 3.44. The Morgan fingerprint density at radius 2 is 1.95 bits per heavy atom. The van der Waals surface area contributed by atoms with Gasteiger partial charge < -0.3 is 10.6 Å². The summed E-state index contributed by atoms with van der Waals surface area (Å²) in [6.07, 6.45) is -4.49. The molecule has 1 saturated heterocycles. The van der Waals surface area contributed by atoms with Gasteiger partial charge in [-0.1, -0.05) is 29.3 Å². The maximum atomic E-state index is 13.1. The Kier molecular flexibility index (Phi) is 4.70. The number of likely N-dealkylation sites (tertiary alicyclic amines) is 1. The minimum absolute atomic E-state index is 0.0486. The Morgan fingerprint density at radius 1 is 1.29 bits per heavy atom. The second kappa shape index (κ2) is 6.02. The Bertz CT molecular complexity index is 551. The van der Waals surface area contributed by atoms with Crippen molar-refractivity contribution in [2.45, 2.75) is 31.1 Å². The first kappa shape index (κ1) is 16.4. The van der Waals surface area contributed by atoms with E-state index >= 15 is 0 Å². The Labute approximate surface area is 129 Å². The SMILES string of the molecule is N[C@H]1CC[C@@H](C(F)(F)F)N(C(=O)c2cccc(Cl)c2Cl)C1. The third-order valence-corrected chi connectivity index (χ3v) is 4.26. The first-order valence-electron chi connectivity index (χ1n) is 6.29. The van der Waals surface area contributed by atoms with Crippen molar-refractivity contribution in [2.75, 3.05) is 6.54 Å². The van der Waals surface area contributed by atoms with Crippen LogP contribution in [0.3, 0.4) is 0 Å². The van der Waals surface area contributed by atoms with Crippen LogP contribution in [0, 0.1) is 0 Å². The van der Waals surface area contributed by atoms with E-state index in [1.54, 1.807) is 0 Å². The van der Waals surface area contributed by atoms with Crippen LogP contribution in [0.5, 0.6) is 0 Å². The van der Waals surface area contributed by atoms with E-state index in [9.17, 15) is 18.0 Å². The van der Waals surface area contributed by atoms with Gasteiger partial charge in [0.05, 0.1) is 15.6 Å². The quantitative estimate of drug-likeness (QED) is 0.850. The summed E-state index contributed by atoms with van der Waals surface area (Å²) in [6, 6.07) is 1.95. The molecule has 0 bridgehead atoms. The van der Waals surface area contributed by atoms with Crippen LogP contribution in [0.25, 0.3) is 0 Å². The largest absolute Gasteiger partial charge is 0.408 e. The van der Waals surface area contributed by atoms with E-state index in [1.165, 1.54) is 18.2 Å². The molecule has 1 aliphatic rings. The summed E-state index contributed by atoms with van der Waals surface area (Å²) in [5.41, 5.74) is 5.65. The van der Waals surface area contributed by atoms with Crippen LogP contribution in [-0.2, 0) is 0 Å². The van der Waals surface area contributed by atoms with E-state index in [2.05, 4.69) is 0 Å². The summed E-state index contributed by atoms with van der Waals surface area (Å²) >= 11 is 11.7. The van der Waals surface area contributed by atoms with Crippen LogP contribution in [0.2, 0.25) is 10.0 Å². The van der Waals surface area contributed by atoms with Crippen LogP contribution in [0.4, 0.5) is 13.2 Å². The van der Waals surface area contributed by atoms with E-state index in [4.69, 9.17) is 28.9 Å². The molecule has 0 spiro atoms. The summed E-state index contributed by atoms with van der Waals surface area (Å²) in [5.74, 6) is -0.806. The van der Waals surface area contributed by atoms with Gasteiger partial charge in [0.25, 0.3) is 5.91 Å². The van der Waals surface area contributed by atoms with Crippen molar-refractivity contribution in [1.29, 1.82) is 0 Å². The van der Waals surface area contributed by atoms with Gasteiger partial charge in [-0.25, -0.2) is 0 Å². The summed E-state index contributed by atoms with van der Waals surface area (Å²) in [6.45, 7) is -0.161. The zero-order chi connectivity index (χ0) is 15.8. The molecule has 1 aromatic carbocycles. The molecule has 2 N–H and O–H groups in total. The maximum absolute atomic E-state index is 13.1. The molecule has 0 aromatic heterocycles. The van der Waals surface area contributed by atoms with Crippen molar-refractivity contribution in [1.82, 2.24) is 4.90 Å². The second-order valence-electron chi connectivity index (χ2n) is 4.95. The molecular formula is C13H13Cl2F3N2O. The van der Waals surface area contributed by atoms with Gasteiger partial charge in [0, 0.05) is 12.6 Å². The number of benzene rings is 1. The second-order valence-corrected chi connectivity index (χ2v) is 5.74. The molecule has 1 amide bonds.